The summed E-state index contributed by atoms with van der Waals surface area (Å²) in [6.45, 7) is 1.63. The van der Waals surface area contributed by atoms with Crippen molar-refractivity contribution in [3.05, 3.63) is 29.8 Å². The van der Waals surface area contributed by atoms with Crippen LogP contribution in [0.2, 0.25) is 0 Å². The second-order valence-electron chi connectivity index (χ2n) is 4.28. The maximum Gasteiger partial charge on any atom is 0.322 e. The molecule has 22 heavy (non-hydrogen) atoms. The molecule has 0 unspecified atom stereocenters. The first-order valence-electron chi connectivity index (χ1n) is 6.39. The summed E-state index contributed by atoms with van der Waals surface area (Å²) in [5.41, 5.74) is 6.58. The molecule has 0 fully saturated rings. The fourth-order valence-electron chi connectivity index (χ4n) is 1.55. The summed E-state index contributed by atoms with van der Waals surface area (Å²) in [5, 5.41) is 10.7. The van der Waals surface area contributed by atoms with Crippen molar-refractivity contribution >= 4 is 24.3 Å². The number of carbonyl (C=O) groups is 2. The van der Waals surface area contributed by atoms with E-state index in [4.69, 9.17) is 15.6 Å². The van der Waals surface area contributed by atoms with E-state index in [2.05, 4.69) is 17.2 Å². The van der Waals surface area contributed by atoms with E-state index in [9.17, 15) is 9.59 Å². The van der Waals surface area contributed by atoms with Crippen LogP contribution in [0.15, 0.2) is 24.3 Å². The number of halogens is 1. The Kier molecular flexibility index (Phi) is 9.43. The third-order valence-corrected chi connectivity index (χ3v) is 2.62. The van der Waals surface area contributed by atoms with Gasteiger partial charge in [-0.3, -0.25) is 9.59 Å². The van der Waals surface area contributed by atoms with Crippen molar-refractivity contribution in [2.75, 3.05) is 13.2 Å². The molecule has 1 atom stereocenters. The average molecular weight is 327 g/mol. The van der Waals surface area contributed by atoms with Gasteiger partial charge < -0.3 is 20.9 Å². The van der Waals surface area contributed by atoms with Crippen LogP contribution < -0.4 is 15.8 Å². The van der Waals surface area contributed by atoms with Gasteiger partial charge in [-0.15, -0.1) is 18.3 Å². The molecule has 0 heterocycles. The van der Waals surface area contributed by atoms with Crippen molar-refractivity contribution in [2.24, 2.45) is 5.73 Å². The van der Waals surface area contributed by atoms with Crippen LogP contribution in [0, 0.1) is 11.8 Å². The van der Waals surface area contributed by atoms with Crippen LogP contribution in [0.4, 0.5) is 0 Å². The van der Waals surface area contributed by atoms with Crippen LogP contribution in [0.5, 0.6) is 5.75 Å². The highest BCUT2D eigenvalue weighted by atomic mass is 35.5. The molecule has 120 valence electrons. The largest absolute Gasteiger partial charge is 0.481 e. The maximum absolute atomic E-state index is 11.6. The number of ether oxygens (including phenoxy) is 1. The average Bonchev–Trinajstić information content (AvgIpc) is 2.46. The molecule has 1 amide bonds. The Hall–Kier alpha value is -2.23. The van der Waals surface area contributed by atoms with E-state index >= 15 is 0 Å². The molecule has 0 aliphatic carbocycles. The summed E-state index contributed by atoms with van der Waals surface area (Å²) in [4.78, 5) is 21.9. The monoisotopic (exact) mass is 326 g/mol. The number of nitrogens with one attached hydrogen (secondary N) is 1. The smallest absolute Gasteiger partial charge is 0.322 e. The summed E-state index contributed by atoms with van der Waals surface area (Å²) < 4.78 is 5.37. The van der Waals surface area contributed by atoms with Gasteiger partial charge in [0.15, 0.2) is 0 Å². The second kappa shape index (κ2) is 10.5. The Bertz CT molecular complexity index is 549. The van der Waals surface area contributed by atoms with E-state index in [1.165, 1.54) is 0 Å². The van der Waals surface area contributed by atoms with Crippen molar-refractivity contribution < 1.29 is 19.4 Å². The Balaban J connectivity index is 0.00000441. The van der Waals surface area contributed by atoms with E-state index < -0.39 is 24.5 Å². The molecule has 4 N–H and O–H groups in total. The molecule has 0 aliphatic heterocycles. The van der Waals surface area contributed by atoms with Gasteiger partial charge in [0.2, 0.25) is 5.91 Å². The van der Waals surface area contributed by atoms with Gasteiger partial charge in [-0.05, 0) is 31.0 Å². The van der Waals surface area contributed by atoms with Gasteiger partial charge in [-0.25, -0.2) is 0 Å². The van der Waals surface area contributed by atoms with Gasteiger partial charge in [0.05, 0.1) is 6.04 Å². The standard InChI is InChI=1S/C15H18N2O4.ClH/c1-2-3-8-21-12-6-4-11(5-7-12)9-13(16)15(20)17-10-14(18)19;/h4-7,13H,8-10,16H2,1H3,(H,17,20)(H,18,19);1H/t13-;/m0./s1. The van der Waals surface area contributed by atoms with Gasteiger partial charge in [-0.2, -0.15) is 0 Å². The van der Waals surface area contributed by atoms with Crippen LogP contribution in [0.1, 0.15) is 12.5 Å². The third kappa shape index (κ3) is 7.53. The van der Waals surface area contributed by atoms with E-state index in [1.54, 1.807) is 31.2 Å². The van der Waals surface area contributed by atoms with Crippen LogP contribution in [0.25, 0.3) is 0 Å². The van der Waals surface area contributed by atoms with Crippen molar-refractivity contribution in [1.82, 2.24) is 5.32 Å². The minimum Gasteiger partial charge on any atom is -0.481 e. The Morgan fingerprint density at radius 2 is 2.00 bits per heavy atom. The Labute approximate surface area is 135 Å². The number of rotatable bonds is 7. The van der Waals surface area contributed by atoms with E-state index in [0.29, 0.717) is 18.8 Å². The number of hydrogen-bond donors (Lipinski definition) is 3. The second-order valence-corrected chi connectivity index (χ2v) is 4.28. The normalized spacial score (nSPS) is 10.5. The Morgan fingerprint density at radius 3 is 2.55 bits per heavy atom. The molecule has 0 bridgehead atoms. The number of nitrogens with two attached hydrogens (primary N) is 1. The molecule has 0 aromatic heterocycles. The summed E-state index contributed by atoms with van der Waals surface area (Å²) in [7, 11) is 0. The predicted molar refractivity (Wildman–Crippen MR) is 85.0 cm³/mol. The van der Waals surface area contributed by atoms with Crippen molar-refractivity contribution in [3.63, 3.8) is 0 Å². The lowest BCUT2D eigenvalue weighted by Crippen LogP contribution is -2.43. The Morgan fingerprint density at radius 1 is 1.36 bits per heavy atom. The zero-order valence-corrected chi connectivity index (χ0v) is 13.0. The number of carboxylic acids is 1. The number of hydrogen-bond acceptors (Lipinski definition) is 4. The first-order chi connectivity index (χ1) is 10.0. The van der Waals surface area contributed by atoms with E-state index in [-0.39, 0.29) is 12.4 Å². The van der Waals surface area contributed by atoms with Gasteiger partial charge >= 0.3 is 5.97 Å². The molecule has 0 saturated carbocycles. The highest BCUT2D eigenvalue weighted by Gasteiger charge is 2.14. The first-order valence-corrected chi connectivity index (χ1v) is 6.39. The van der Waals surface area contributed by atoms with Crippen LogP contribution in [-0.2, 0) is 16.0 Å². The number of benzene rings is 1. The molecule has 6 nitrogen and oxygen atoms in total. The van der Waals surface area contributed by atoms with E-state index in [1.807, 2.05) is 0 Å². The lowest BCUT2D eigenvalue weighted by molar-refractivity contribution is -0.138. The van der Waals surface area contributed by atoms with Gasteiger partial charge in [0.1, 0.15) is 18.9 Å². The minimum atomic E-state index is -1.10. The highest BCUT2D eigenvalue weighted by molar-refractivity contribution is 5.85. The minimum absolute atomic E-state index is 0. The molecular weight excluding hydrogens is 308 g/mol. The number of carboxylic acid groups (broad SMARTS) is 1. The van der Waals surface area contributed by atoms with Crippen LogP contribution in [-0.4, -0.2) is 36.2 Å². The summed E-state index contributed by atoms with van der Waals surface area (Å²) in [6.07, 6.45) is 0.320. The summed E-state index contributed by atoms with van der Waals surface area (Å²) >= 11 is 0. The van der Waals surface area contributed by atoms with Crippen molar-refractivity contribution in [2.45, 2.75) is 19.4 Å². The summed E-state index contributed by atoms with van der Waals surface area (Å²) in [6, 6.07) is 6.36. The third-order valence-electron chi connectivity index (χ3n) is 2.62. The lowest BCUT2D eigenvalue weighted by atomic mass is 10.1. The SMILES string of the molecule is CC#CCOc1ccc(C[C@H](N)C(=O)NCC(=O)O)cc1.Cl. The molecular formula is C15H19ClN2O4. The summed E-state index contributed by atoms with van der Waals surface area (Å²) in [5.74, 6) is 4.61. The zero-order chi connectivity index (χ0) is 15.7. The zero-order valence-electron chi connectivity index (χ0n) is 12.2. The fraction of sp³-hybridized carbons (Fsp3) is 0.333. The molecule has 1 aromatic rings. The molecule has 0 aliphatic rings. The van der Waals surface area contributed by atoms with Gasteiger partial charge in [0.25, 0.3) is 0 Å². The molecule has 0 saturated heterocycles. The van der Waals surface area contributed by atoms with Crippen LogP contribution >= 0.6 is 12.4 Å². The van der Waals surface area contributed by atoms with Gasteiger partial charge in [-0.1, -0.05) is 18.1 Å². The highest BCUT2D eigenvalue weighted by Crippen LogP contribution is 2.13. The number of aliphatic carboxylic acids is 1. The van der Waals surface area contributed by atoms with Crippen molar-refractivity contribution in [3.8, 4) is 17.6 Å². The molecule has 0 radical (unpaired) electrons. The molecule has 1 rings (SSSR count). The maximum atomic E-state index is 11.6. The van der Waals surface area contributed by atoms with Crippen molar-refractivity contribution in [1.29, 1.82) is 0 Å². The van der Waals surface area contributed by atoms with Gasteiger partial charge in [0, 0.05) is 0 Å². The topological polar surface area (TPSA) is 102 Å². The van der Waals surface area contributed by atoms with Crippen LogP contribution in [0.3, 0.4) is 0 Å². The fourth-order valence-corrected chi connectivity index (χ4v) is 1.55. The number of carbonyl (C=O) groups excluding carboxylic acids is 1. The molecule has 7 heteroatoms. The molecule has 0 spiro atoms. The van der Waals surface area contributed by atoms with E-state index in [0.717, 1.165) is 5.56 Å². The quantitative estimate of drug-likeness (QED) is 0.636. The first kappa shape index (κ1) is 19.8. The predicted octanol–water partition coefficient (Wildman–Crippen LogP) is 0.581. The number of amides is 1. The lowest BCUT2D eigenvalue weighted by Gasteiger charge is -2.11. The molecule has 1 aromatic carbocycles.